The van der Waals surface area contributed by atoms with Crippen LogP contribution in [-0.2, 0) is 6.42 Å². The quantitative estimate of drug-likeness (QED) is 0.478. The van der Waals surface area contributed by atoms with Gasteiger partial charge in [0.05, 0.1) is 34.8 Å². The van der Waals surface area contributed by atoms with Crippen molar-refractivity contribution >= 4 is 40.4 Å². The number of benzene rings is 2. The third-order valence-corrected chi connectivity index (χ3v) is 7.71. The second kappa shape index (κ2) is 10.0. The minimum absolute atomic E-state index is 0.133. The number of carbonyl (C=O) groups excluding carboxylic acids is 2. The molecule has 4 rings (SSSR count). The van der Waals surface area contributed by atoms with Crippen molar-refractivity contribution in [2.75, 3.05) is 25.2 Å². The molecule has 2 heterocycles. The highest BCUT2D eigenvalue weighted by Crippen LogP contribution is 2.42. The van der Waals surface area contributed by atoms with Gasteiger partial charge in [-0.1, -0.05) is 44.5 Å². The van der Waals surface area contributed by atoms with Crippen LogP contribution in [0.2, 0.25) is 5.02 Å². The van der Waals surface area contributed by atoms with Gasteiger partial charge in [0.25, 0.3) is 11.8 Å². The summed E-state index contributed by atoms with van der Waals surface area (Å²) in [4.78, 5) is 29.3. The van der Waals surface area contributed by atoms with Crippen LogP contribution in [-0.4, -0.2) is 43.2 Å². The Bertz CT molecular complexity index is 1260. The number of amides is 2. The van der Waals surface area contributed by atoms with E-state index in [-0.39, 0.29) is 29.9 Å². The summed E-state index contributed by atoms with van der Waals surface area (Å²) < 4.78 is 5.98. The first-order valence-corrected chi connectivity index (χ1v) is 12.6. The molecule has 0 fully saturated rings. The Hall–Kier alpha value is -2.87. The lowest BCUT2D eigenvalue weighted by Gasteiger charge is -2.29. The number of ether oxygens (including phenoxy) is 1. The first-order valence-electron chi connectivity index (χ1n) is 11.4. The summed E-state index contributed by atoms with van der Waals surface area (Å²) in [7, 11) is 1.72. The van der Waals surface area contributed by atoms with E-state index < -0.39 is 0 Å². The van der Waals surface area contributed by atoms with Crippen molar-refractivity contribution in [3.05, 3.63) is 69.6 Å². The maximum Gasteiger partial charge on any atom is 0.268 e. The van der Waals surface area contributed by atoms with Crippen LogP contribution in [0.1, 0.15) is 46.4 Å². The molecule has 1 atom stereocenters. The summed E-state index contributed by atoms with van der Waals surface area (Å²) in [5.41, 5.74) is 2.72. The molecule has 0 spiro atoms. The van der Waals surface area contributed by atoms with Gasteiger partial charge in [0, 0.05) is 29.5 Å². The minimum atomic E-state index is -0.373. The Balaban J connectivity index is 1.62. The number of hydrogen-bond donors (Lipinski definition) is 2. The fourth-order valence-electron chi connectivity index (χ4n) is 3.97. The van der Waals surface area contributed by atoms with Gasteiger partial charge in [0.1, 0.15) is 5.75 Å². The summed E-state index contributed by atoms with van der Waals surface area (Å²) in [6, 6.07) is 14.1. The summed E-state index contributed by atoms with van der Waals surface area (Å²) >= 11 is 7.70. The van der Waals surface area contributed by atoms with Crippen LogP contribution < -0.4 is 15.0 Å². The third kappa shape index (κ3) is 5.22. The second-order valence-electron chi connectivity index (χ2n) is 9.66. The zero-order chi connectivity index (χ0) is 25.3. The molecule has 6 nitrogen and oxygen atoms in total. The van der Waals surface area contributed by atoms with E-state index >= 15 is 0 Å². The monoisotopic (exact) mass is 512 g/mol. The van der Waals surface area contributed by atoms with E-state index in [1.165, 1.54) is 11.3 Å². The minimum Gasteiger partial charge on any atom is -0.493 e. The van der Waals surface area contributed by atoms with E-state index in [4.69, 9.17) is 16.3 Å². The molecule has 3 aromatic rings. The molecule has 0 saturated carbocycles. The van der Waals surface area contributed by atoms with Crippen molar-refractivity contribution in [3.8, 4) is 16.2 Å². The van der Waals surface area contributed by atoms with Gasteiger partial charge in [-0.15, -0.1) is 11.3 Å². The van der Waals surface area contributed by atoms with Gasteiger partial charge < -0.3 is 20.1 Å². The lowest BCUT2D eigenvalue weighted by Crippen LogP contribution is -2.46. The van der Waals surface area contributed by atoms with E-state index in [2.05, 4.69) is 5.32 Å². The van der Waals surface area contributed by atoms with Gasteiger partial charge in [-0.2, -0.15) is 0 Å². The molecular weight excluding hydrogens is 484 g/mol. The number of fused-ring (bicyclic) bond motifs is 3. The number of aliphatic hydroxyl groups excluding tert-OH is 1. The molecule has 2 aromatic carbocycles. The second-order valence-corrected chi connectivity index (χ2v) is 11.1. The van der Waals surface area contributed by atoms with Crippen LogP contribution in [0.4, 0.5) is 5.69 Å². The smallest absolute Gasteiger partial charge is 0.268 e. The Morgan fingerprint density at radius 1 is 1.20 bits per heavy atom. The van der Waals surface area contributed by atoms with Crippen LogP contribution in [0.15, 0.2) is 48.5 Å². The van der Waals surface area contributed by atoms with Crippen LogP contribution in [0.5, 0.6) is 5.75 Å². The summed E-state index contributed by atoms with van der Waals surface area (Å²) in [5, 5.41) is 13.1. The number of nitrogens with zero attached hydrogens (tertiary/aromatic N) is 1. The SMILES string of the molecule is CN(C(=O)c1cc2c(s1)-c1ccc(C(=O)N[C@H](CO)C(C)(C)C)cc1OCC2)c1ccccc1Cl. The molecular formula is C27H29ClN2O4S. The highest BCUT2D eigenvalue weighted by molar-refractivity contribution is 7.17. The highest BCUT2D eigenvalue weighted by Gasteiger charge is 2.28. The number of rotatable bonds is 5. The lowest BCUT2D eigenvalue weighted by molar-refractivity contribution is 0.0847. The predicted octanol–water partition coefficient (Wildman–Crippen LogP) is 5.42. The van der Waals surface area contributed by atoms with Gasteiger partial charge in [0.15, 0.2) is 0 Å². The standard InChI is InChI=1S/C27H29ClN2O4S/c1-27(2,3)23(15-31)29-25(32)17-9-10-18-21(13-17)34-12-11-16-14-22(35-24(16)18)26(33)30(4)20-8-6-5-7-19(20)28/h5-10,13-14,23,31H,11-12,15H2,1-4H3,(H,29,32)/t23-/m1/s1. The number of halogens is 1. The van der Waals surface area contributed by atoms with Crippen molar-refractivity contribution in [2.45, 2.75) is 33.2 Å². The Morgan fingerprint density at radius 3 is 2.63 bits per heavy atom. The number of para-hydroxylation sites is 1. The lowest BCUT2D eigenvalue weighted by atomic mass is 9.87. The molecule has 0 bridgehead atoms. The molecule has 184 valence electrons. The molecule has 2 N–H and O–H groups in total. The molecule has 35 heavy (non-hydrogen) atoms. The fraction of sp³-hybridized carbons (Fsp3) is 0.333. The number of hydrogen-bond acceptors (Lipinski definition) is 5. The van der Waals surface area contributed by atoms with E-state index in [1.54, 1.807) is 30.1 Å². The van der Waals surface area contributed by atoms with Crippen LogP contribution in [0.3, 0.4) is 0 Å². The van der Waals surface area contributed by atoms with Crippen molar-refractivity contribution in [1.29, 1.82) is 0 Å². The molecule has 0 saturated heterocycles. The zero-order valence-electron chi connectivity index (χ0n) is 20.2. The third-order valence-electron chi connectivity index (χ3n) is 6.19. The maximum absolute atomic E-state index is 13.2. The molecule has 1 aliphatic rings. The molecule has 8 heteroatoms. The van der Waals surface area contributed by atoms with E-state index in [1.807, 2.05) is 51.1 Å². The predicted molar refractivity (Wildman–Crippen MR) is 141 cm³/mol. The Morgan fingerprint density at radius 2 is 1.94 bits per heavy atom. The molecule has 2 amide bonds. The molecule has 1 aromatic heterocycles. The van der Waals surface area contributed by atoms with E-state index in [0.29, 0.717) is 39.9 Å². The highest BCUT2D eigenvalue weighted by atomic mass is 35.5. The largest absolute Gasteiger partial charge is 0.493 e. The van der Waals surface area contributed by atoms with Gasteiger partial charge in [-0.3, -0.25) is 9.59 Å². The van der Waals surface area contributed by atoms with Crippen molar-refractivity contribution < 1.29 is 19.4 Å². The number of aliphatic hydroxyl groups is 1. The normalized spacial score (nSPS) is 13.7. The Kier molecular flexibility index (Phi) is 7.22. The molecule has 1 aliphatic heterocycles. The van der Waals surface area contributed by atoms with Gasteiger partial charge in [-0.05, 0) is 47.4 Å². The number of carbonyl (C=O) groups is 2. The summed E-state index contributed by atoms with van der Waals surface area (Å²) in [5.74, 6) is 0.207. The number of thiophene rings is 1. The summed E-state index contributed by atoms with van der Waals surface area (Å²) in [6.45, 7) is 6.20. The molecule has 0 radical (unpaired) electrons. The van der Waals surface area contributed by atoms with Crippen molar-refractivity contribution in [1.82, 2.24) is 5.32 Å². The number of anilines is 1. The number of nitrogens with one attached hydrogen (secondary N) is 1. The van der Waals surface area contributed by atoms with Gasteiger partial charge in [-0.25, -0.2) is 0 Å². The van der Waals surface area contributed by atoms with Crippen LogP contribution >= 0.6 is 22.9 Å². The van der Waals surface area contributed by atoms with E-state index in [9.17, 15) is 14.7 Å². The van der Waals surface area contributed by atoms with Gasteiger partial charge >= 0.3 is 0 Å². The summed E-state index contributed by atoms with van der Waals surface area (Å²) in [6.07, 6.45) is 0.655. The van der Waals surface area contributed by atoms with Crippen LogP contribution in [0, 0.1) is 5.41 Å². The molecule has 0 aliphatic carbocycles. The first kappa shape index (κ1) is 25.2. The van der Waals surface area contributed by atoms with Crippen LogP contribution in [0.25, 0.3) is 10.4 Å². The average molecular weight is 513 g/mol. The average Bonchev–Trinajstić information content (AvgIpc) is 3.17. The zero-order valence-corrected chi connectivity index (χ0v) is 21.8. The Labute approximate surface area is 214 Å². The molecule has 0 unspecified atom stereocenters. The van der Waals surface area contributed by atoms with E-state index in [0.717, 1.165) is 16.0 Å². The van der Waals surface area contributed by atoms with Crippen molar-refractivity contribution in [3.63, 3.8) is 0 Å². The maximum atomic E-state index is 13.2. The van der Waals surface area contributed by atoms with Gasteiger partial charge in [0.2, 0.25) is 0 Å². The first-order chi connectivity index (χ1) is 16.6. The van der Waals surface area contributed by atoms with Crippen molar-refractivity contribution in [2.24, 2.45) is 5.41 Å². The fourth-order valence-corrected chi connectivity index (χ4v) is 5.44. The topological polar surface area (TPSA) is 78.9 Å².